The molecule has 4 rings (SSSR count). The Balaban J connectivity index is 1.44. The van der Waals surface area contributed by atoms with E-state index in [0.29, 0.717) is 29.1 Å². The van der Waals surface area contributed by atoms with Gasteiger partial charge in [-0.2, -0.15) is 0 Å². The predicted molar refractivity (Wildman–Crippen MR) is 119 cm³/mol. The van der Waals surface area contributed by atoms with E-state index in [4.69, 9.17) is 9.47 Å². The molecular weight excluding hydrogens is 396 g/mol. The molecule has 0 saturated carbocycles. The first kappa shape index (κ1) is 20.5. The number of hydrogen-bond acceptors (Lipinski definition) is 5. The maximum absolute atomic E-state index is 12.9. The number of benzene rings is 2. The molecule has 2 heterocycles. The summed E-state index contributed by atoms with van der Waals surface area (Å²) in [5.74, 6) is 1.15. The van der Waals surface area contributed by atoms with Crippen molar-refractivity contribution in [2.45, 2.75) is 26.4 Å². The van der Waals surface area contributed by atoms with Gasteiger partial charge in [-0.25, -0.2) is 4.98 Å². The van der Waals surface area contributed by atoms with Crippen LogP contribution in [0, 0.1) is 6.92 Å². The lowest BCUT2D eigenvalue weighted by atomic mass is 10.2. The topological polar surface area (TPSA) is 98.2 Å². The van der Waals surface area contributed by atoms with Gasteiger partial charge >= 0.3 is 0 Å². The monoisotopic (exact) mass is 420 g/mol. The molecule has 2 aromatic carbocycles. The number of hydrogen-bond donors (Lipinski definition) is 2. The van der Waals surface area contributed by atoms with Gasteiger partial charge < -0.3 is 19.8 Å². The van der Waals surface area contributed by atoms with Crippen LogP contribution in [-0.4, -0.2) is 34.7 Å². The first-order valence-electron chi connectivity index (χ1n) is 9.95. The minimum Gasteiger partial charge on any atom is -0.497 e. The quantitative estimate of drug-likeness (QED) is 0.479. The lowest BCUT2D eigenvalue weighted by molar-refractivity contribution is -0.121. The maximum atomic E-state index is 12.9. The van der Waals surface area contributed by atoms with E-state index in [2.05, 4.69) is 15.3 Å². The highest BCUT2D eigenvalue weighted by Gasteiger charge is 2.12. The molecule has 2 N–H and O–H groups in total. The summed E-state index contributed by atoms with van der Waals surface area (Å²) in [5.41, 5.74) is 3.72. The lowest BCUT2D eigenvalue weighted by Gasteiger charge is -2.11. The van der Waals surface area contributed by atoms with E-state index < -0.39 is 0 Å². The Kier molecular flexibility index (Phi) is 5.62. The summed E-state index contributed by atoms with van der Waals surface area (Å²) in [6.45, 7) is 2.56. The average molecular weight is 420 g/mol. The first-order chi connectivity index (χ1) is 15.0. The van der Waals surface area contributed by atoms with Crippen LogP contribution >= 0.6 is 0 Å². The van der Waals surface area contributed by atoms with Crippen LogP contribution in [0.15, 0.2) is 47.5 Å². The number of ether oxygens (including phenoxy) is 2. The third-order valence-corrected chi connectivity index (χ3v) is 5.28. The standard InChI is InChI=1S/C23H24N4O4/c1-14-4-7-18-17(10-14)21-22(26-18)23(29)27(13-25-21)9-8-20(28)24-12-15-5-6-16(30-2)11-19(15)31-3/h4-7,10-11,13,26H,8-9,12H2,1-3H3,(H,24,28). The fourth-order valence-corrected chi connectivity index (χ4v) is 3.57. The van der Waals surface area contributed by atoms with Crippen molar-refractivity contribution in [3.8, 4) is 11.5 Å². The van der Waals surface area contributed by atoms with E-state index >= 15 is 0 Å². The maximum Gasteiger partial charge on any atom is 0.277 e. The minimum atomic E-state index is -0.191. The number of carbonyl (C=O) groups is 1. The van der Waals surface area contributed by atoms with E-state index in [9.17, 15) is 9.59 Å². The van der Waals surface area contributed by atoms with E-state index in [1.807, 2.05) is 37.3 Å². The molecule has 160 valence electrons. The summed E-state index contributed by atoms with van der Waals surface area (Å²) in [6, 6.07) is 11.4. The Bertz CT molecular complexity index is 1320. The molecule has 2 aromatic heterocycles. The molecule has 0 atom stereocenters. The fraction of sp³-hybridized carbons (Fsp3) is 0.261. The van der Waals surface area contributed by atoms with Crippen molar-refractivity contribution >= 4 is 27.8 Å². The van der Waals surface area contributed by atoms with Gasteiger partial charge in [0, 0.05) is 42.0 Å². The molecule has 8 nitrogen and oxygen atoms in total. The molecule has 0 aliphatic rings. The number of aryl methyl sites for hydroxylation is 2. The number of nitrogens with one attached hydrogen (secondary N) is 2. The summed E-state index contributed by atoms with van der Waals surface area (Å²) >= 11 is 0. The molecule has 0 bridgehead atoms. The van der Waals surface area contributed by atoms with Crippen LogP contribution in [0.1, 0.15) is 17.5 Å². The van der Waals surface area contributed by atoms with Gasteiger partial charge in [-0.05, 0) is 31.2 Å². The highest BCUT2D eigenvalue weighted by Crippen LogP contribution is 2.24. The van der Waals surface area contributed by atoms with Crippen LogP contribution in [0.2, 0.25) is 0 Å². The number of aromatic amines is 1. The SMILES string of the molecule is COc1ccc(CNC(=O)CCn2cnc3c([nH]c4ccc(C)cc43)c2=O)c(OC)c1. The van der Waals surface area contributed by atoms with Crippen LogP contribution in [0.5, 0.6) is 11.5 Å². The van der Waals surface area contributed by atoms with Gasteiger partial charge in [0.1, 0.15) is 22.5 Å². The van der Waals surface area contributed by atoms with Crippen LogP contribution in [-0.2, 0) is 17.9 Å². The van der Waals surface area contributed by atoms with Crippen LogP contribution in [0.3, 0.4) is 0 Å². The lowest BCUT2D eigenvalue weighted by Crippen LogP contribution is -2.27. The number of H-pyrrole nitrogens is 1. The number of fused-ring (bicyclic) bond motifs is 3. The number of aromatic nitrogens is 3. The molecule has 0 saturated heterocycles. The number of methoxy groups -OCH3 is 2. The summed E-state index contributed by atoms with van der Waals surface area (Å²) in [5, 5.41) is 3.78. The molecule has 31 heavy (non-hydrogen) atoms. The van der Waals surface area contributed by atoms with Crippen LogP contribution in [0.25, 0.3) is 21.9 Å². The smallest absolute Gasteiger partial charge is 0.277 e. The van der Waals surface area contributed by atoms with Crippen molar-refractivity contribution in [1.29, 1.82) is 0 Å². The predicted octanol–water partition coefficient (Wildman–Crippen LogP) is 2.91. The summed E-state index contributed by atoms with van der Waals surface area (Å²) < 4.78 is 12.0. The summed E-state index contributed by atoms with van der Waals surface area (Å²) in [6.07, 6.45) is 1.66. The Labute approximate surface area is 178 Å². The minimum absolute atomic E-state index is 0.158. The second-order valence-electron chi connectivity index (χ2n) is 7.35. The van der Waals surface area contributed by atoms with Crippen molar-refractivity contribution in [3.05, 3.63) is 64.2 Å². The Morgan fingerprint density at radius 3 is 2.77 bits per heavy atom. The molecule has 1 amide bonds. The molecule has 4 aromatic rings. The Morgan fingerprint density at radius 1 is 1.16 bits per heavy atom. The van der Waals surface area contributed by atoms with Gasteiger partial charge in [0.05, 0.1) is 20.5 Å². The van der Waals surface area contributed by atoms with Crippen molar-refractivity contribution in [2.24, 2.45) is 0 Å². The Morgan fingerprint density at radius 2 is 2.00 bits per heavy atom. The fourth-order valence-electron chi connectivity index (χ4n) is 3.57. The molecular formula is C23H24N4O4. The number of rotatable bonds is 7. The highest BCUT2D eigenvalue weighted by atomic mass is 16.5. The second-order valence-corrected chi connectivity index (χ2v) is 7.35. The van der Waals surface area contributed by atoms with Gasteiger partial charge in [-0.15, -0.1) is 0 Å². The van der Waals surface area contributed by atoms with Crippen LogP contribution < -0.4 is 20.3 Å². The van der Waals surface area contributed by atoms with E-state index in [-0.39, 0.29) is 24.4 Å². The number of nitrogens with zero attached hydrogens (tertiary/aromatic N) is 2. The number of carbonyl (C=O) groups excluding carboxylic acids is 1. The Hall–Kier alpha value is -3.81. The van der Waals surface area contributed by atoms with Crippen molar-refractivity contribution in [1.82, 2.24) is 19.9 Å². The molecule has 0 radical (unpaired) electrons. The number of amides is 1. The zero-order valence-electron chi connectivity index (χ0n) is 17.7. The first-order valence-corrected chi connectivity index (χ1v) is 9.95. The third kappa shape index (κ3) is 4.09. The zero-order valence-corrected chi connectivity index (χ0v) is 17.7. The van der Waals surface area contributed by atoms with Gasteiger partial charge in [0.2, 0.25) is 5.91 Å². The highest BCUT2D eigenvalue weighted by molar-refractivity contribution is 6.04. The van der Waals surface area contributed by atoms with Gasteiger partial charge in [0.25, 0.3) is 5.56 Å². The van der Waals surface area contributed by atoms with Crippen molar-refractivity contribution in [2.75, 3.05) is 14.2 Å². The van der Waals surface area contributed by atoms with Crippen molar-refractivity contribution in [3.63, 3.8) is 0 Å². The van der Waals surface area contributed by atoms with E-state index in [1.165, 1.54) is 10.9 Å². The summed E-state index contributed by atoms with van der Waals surface area (Å²) in [7, 11) is 3.15. The average Bonchev–Trinajstić information content (AvgIpc) is 3.15. The summed E-state index contributed by atoms with van der Waals surface area (Å²) in [4.78, 5) is 32.8. The van der Waals surface area contributed by atoms with Gasteiger partial charge in [0.15, 0.2) is 0 Å². The van der Waals surface area contributed by atoms with E-state index in [0.717, 1.165) is 22.0 Å². The molecule has 8 heteroatoms. The molecule has 0 aliphatic carbocycles. The molecule has 0 aliphatic heterocycles. The van der Waals surface area contributed by atoms with Crippen LogP contribution in [0.4, 0.5) is 0 Å². The second kappa shape index (κ2) is 8.51. The molecule has 0 spiro atoms. The van der Waals surface area contributed by atoms with Gasteiger partial charge in [-0.3, -0.25) is 14.2 Å². The largest absolute Gasteiger partial charge is 0.497 e. The zero-order chi connectivity index (χ0) is 22.0. The van der Waals surface area contributed by atoms with E-state index in [1.54, 1.807) is 20.3 Å². The third-order valence-electron chi connectivity index (χ3n) is 5.28. The normalized spacial score (nSPS) is 11.1. The molecule has 0 fully saturated rings. The van der Waals surface area contributed by atoms with Gasteiger partial charge in [-0.1, -0.05) is 11.6 Å². The van der Waals surface area contributed by atoms with Crippen molar-refractivity contribution < 1.29 is 14.3 Å². The molecule has 0 unspecified atom stereocenters.